The van der Waals surface area contributed by atoms with E-state index in [1.807, 2.05) is 11.8 Å². The summed E-state index contributed by atoms with van der Waals surface area (Å²) in [4.78, 5) is 72.8. The van der Waals surface area contributed by atoms with E-state index in [4.69, 9.17) is 24.1 Å². The van der Waals surface area contributed by atoms with Crippen molar-refractivity contribution in [2.45, 2.75) is 74.8 Å². The smallest absolute Gasteiger partial charge is 0.349 e. The summed E-state index contributed by atoms with van der Waals surface area (Å²) in [6.07, 6.45) is 1.27. The lowest BCUT2D eigenvalue weighted by atomic mass is 10.0. The van der Waals surface area contributed by atoms with Gasteiger partial charge in [-0.2, -0.15) is 11.8 Å². The lowest BCUT2D eigenvalue weighted by Crippen LogP contribution is -2.36. The Morgan fingerprint density at radius 3 is 2.85 bits per heavy atom. The molecule has 0 aliphatic carbocycles. The number of unbranched alkanes of at least 4 members (excludes halogenated alkanes) is 1. The van der Waals surface area contributed by atoms with Crippen LogP contribution in [-0.4, -0.2) is 80.0 Å². The molecule has 3 aliphatic rings. The van der Waals surface area contributed by atoms with Crippen LogP contribution >= 0.6 is 19.6 Å². The normalized spacial score (nSPS) is 28.2. The highest BCUT2D eigenvalue weighted by molar-refractivity contribution is 8.00. The monoisotopic (exact) mass is 593 g/mol. The molecule has 18 heteroatoms. The first kappa shape index (κ1) is 29.7. The molecule has 0 saturated carbocycles. The first-order valence-electron chi connectivity index (χ1n) is 12.4. The molecule has 1 aromatic rings. The fraction of sp³-hybridized carbons (Fsp3) is 0.714. The van der Waals surface area contributed by atoms with Crippen molar-refractivity contribution in [1.29, 1.82) is 0 Å². The Hall–Kier alpha value is -2.24. The van der Waals surface area contributed by atoms with Crippen molar-refractivity contribution in [1.82, 2.24) is 25.7 Å². The fourth-order valence-electron chi connectivity index (χ4n) is 4.72. The number of ether oxygens (including phenoxy) is 2. The maximum Gasteiger partial charge on any atom is 0.469 e. The number of fused-ring (bicyclic) bond motifs is 1. The summed E-state index contributed by atoms with van der Waals surface area (Å²) >= 11 is 1.81. The Labute approximate surface area is 226 Å². The molecule has 0 spiro atoms. The summed E-state index contributed by atoms with van der Waals surface area (Å²) in [5, 5.41) is 6.15. The van der Waals surface area contributed by atoms with Gasteiger partial charge in [0.2, 0.25) is 5.91 Å². The van der Waals surface area contributed by atoms with Crippen molar-refractivity contribution < 1.29 is 42.8 Å². The van der Waals surface area contributed by atoms with Gasteiger partial charge in [-0.05, 0) is 19.8 Å². The SMILES string of the molecule is Cc1cn([C@H]2C[C@H](OCONC(=O)CCCC[C@@H]3SC[C@@H]4NC(=O)N[C@@H]43)[C@@H](COP(=O)(O)O)O2)c(=O)[nH]c1=O. The van der Waals surface area contributed by atoms with E-state index in [0.29, 0.717) is 11.7 Å². The van der Waals surface area contributed by atoms with E-state index in [-0.39, 0.29) is 42.4 Å². The topological polar surface area (TPSA) is 220 Å². The molecule has 0 unspecified atom stereocenters. The van der Waals surface area contributed by atoms with Crippen molar-refractivity contribution in [3.05, 3.63) is 32.6 Å². The molecule has 4 rings (SSSR count). The van der Waals surface area contributed by atoms with Crippen molar-refractivity contribution in [2.24, 2.45) is 0 Å². The maximum absolute atomic E-state index is 12.2. The first-order valence-corrected chi connectivity index (χ1v) is 15.0. The molecule has 16 nitrogen and oxygen atoms in total. The molecular weight excluding hydrogens is 561 g/mol. The number of nitrogens with one attached hydrogen (secondary N) is 4. The Morgan fingerprint density at radius 1 is 1.28 bits per heavy atom. The second-order valence-corrected chi connectivity index (χ2v) is 12.0. The molecule has 39 heavy (non-hydrogen) atoms. The number of aromatic amines is 1. The van der Waals surface area contributed by atoms with Crippen LogP contribution in [0, 0.1) is 6.92 Å². The van der Waals surface area contributed by atoms with E-state index >= 15 is 0 Å². The predicted octanol–water partition coefficient (Wildman–Crippen LogP) is -0.642. The van der Waals surface area contributed by atoms with E-state index < -0.39 is 50.9 Å². The molecule has 218 valence electrons. The third-order valence-electron chi connectivity index (χ3n) is 6.65. The number of thioether (sulfide) groups is 1. The number of nitrogens with zero attached hydrogens (tertiary/aromatic N) is 1. The van der Waals surface area contributed by atoms with Gasteiger partial charge in [0.1, 0.15) is 12.3 Å². The van der Waals surface area contributed by atoms with Crippen LogP contribution in [-0.2, 0) is 28.2 Å². The number of phosphoric ester groups is 1. The summed E-state index contributed by atoms with van der Waals surface area (Å²) in [5.41, 5.74) is 1.30. The summed E-state index contributed by atoms with van der Waals surface area (Å²) in [5.74, 6) is 0.534. The van der Waals surface area contributed by atoms with E-state index in [1.165, 1.54) is 13.1 Å². The zero-order valence-electron chi connectivity index (χ0n) is 21.1. The Balaban J connectivity index is 1.19. The molecule has 4 heterocycles. The molecule has 3 amide bonds. The number of rotatable bonds is 13. The third kappa shape index (κ3) is 8.14. The van der Waals surface area contributed by atoms with Crippen LogP contribution in [0.1, 0.15) is 43.9 Å². The minimum atomic E-state index is -4.80. The van der Waals surface area contributed by atoms with Crippen LogP contribution in [0.2, 0.25) is 0 Å². The number of aryl methyl sites for hydroxylation is 1. The summed E-state index contributed by atoms with van der Waals surface area (Å²) in [6.45, 7) is 0.584. The minimum absolute atomic E-state index is 0.0783. The highest BCUT2D eigenvalue weighted by Gasteiger charge is 2.42. The van der Waals surface area contributed by atoms with E-state index in [9.17, 15) is 23.7 Å². The highest BCUT2D eigenvalue weighted by atomic mass is 32.2. The van der Waals surface area contributed by atoms with Crippen LogP contribution in [0.4, 0.5) is 4.79 Å². The van der Waals surface area contributed by atoms with Gasteiger partial charge in [0.15, 0.2) is 6.79 Å². The number of aromatic nitrogens is 2. The number of amides is 3. The zero-order chi connectivity index (χ0) is 28.2. The number of carbonyl (C=O) groups excluding carboxylic acids is 2. The minimum Gasteiger partial charge on any atom is -0.349 e. The lowest BCUT2D eigenvalue weighted by molar-refractivity contribution is -0.162. The number of carbonyl (C=O) groups is 2. The highest BCUT2D eigenvalue weighted by Crippen LogP contribution is 2.38. The van der Waals surface area contributed by atoms with Gasteiger partial charge in [0, 0.05) is 35.6 Å². The zero-order valence-corrected chi connectivity index (χ0v) is 22.8. The van der Waals surface area contributed by atoms with Gasteiger partial charge in [-0.15, -0.1) is 0 Å². The Kier molecular flexibility index (Phi) is 9.87. The number of hydrogen-bond donors (Lipinski definition) is 6. The molecular formula is C21H32N5O11PS. The first-order chi connectivity index (χ1) is 18.5. The molecule has 1 aromatic heterocycles. The number of phosphoric acid groups is 1. The molecule has 0 radical (unpaired) electrons. The van der Waals surface area contributed by atoms with E-state index in [0.717, 1.165) is 23.2 Å². The quantitative estimate of drug-likeness (QED) is 0.0553. The van der Waals surface area contributed by atoms with Crippen molar-refractivity contribution in [3.8, 4) is 0 Å². The van der Waals surface area contributed by atoms with Crippen LogP contribution in [0.3, 0.4) is 0 Å². The lowest BCUT2D eigenvalue weighted by Gasteiger charge is -2.19. The summed E-state index contributed by atoms with van der Waals surface area (Å²) in [7, 11) is -4.80. The second-order valence-electron chi connectivity index (χ2n) is 9.49. The van der Waals surface area contributed by atoms with Gasteiger partial charge in [-0.25, -0.2) is 24.5 Å². The second kappa shape index (κ2) is 13.0. The van der Waals surface area contributed by atoms with Crippen molar-refractivity contribution in [2.75, 3.05) is 19.2 Å². The molecule has 3 fully saturated rings. The van der Waals surface area contributed by atoms with Crippen LogP contribution in [0.5, 0.6) is 0 Å². The number of hydroxylamine groups is 1. The molecule has 0 aromatic carbocycles. The molecule has 6 atom stereocenters. The van der Waals surface area contributed by atoms with E-state index in [2.05, 4.69) is 25.6 Å². The standard InChI is InChI=1S/C21H32N5O11PS/c1-11-7-26(21(30)24-19(11)28)17-6-13(14(37-17)8-36-38(31,32)33)34-10-35-25-16(27)5-3-2-4-15-18-12(9-39-15)22-20(29)23-18/h7,12-15,17-18H,2-6,8-10H2,1H3,(H,25,27)(H2,22,23,29)(H,24,28,30)(H2,31,32,33)/t12-,13-,14+,15-,17+,18-/m0/s1. The van der Waals surface area contributed by atoms with Gasteiger partial charge in [0.05, 0.1) is 24.8 Å². The van der Waals surface area contributed by atoms with Gasteiger partial charge >= 0.3 is 19.5 Å². The van der Waals surface area contributed by atoms with Crippen LogP contribution in [0.25, 0.3) is 0 Å². The third-order valence-corrected chi connectivity index (χ3v) is 8.65. The van der Waals surface area contributed by atoms with Crippen molar-refractivity contribution in [3.63, 3.8) is 0 Å². The van der Waals surface area contributed by atoms with Gasteiger partial charge in [0.25, 0.3) is 5.56 Å². The summed E-state index contributed by atoms with van der Waals surface area (Å²) in [6, 6.07) is 0.156. The molecule has 3 saturated heterocycles. The van der Waals surface area contributed by atoms with Gasteiger partial charge in [-0.1, -0.05) is 6.42 Å². The van der Waals surface area contributed by atoms with Gasteiger partial charge in [-0.3, -0.25) is 23.7 Å². The number of hydrogen-bond acceptors (Lipinski definition) is 10. The van der Waals surface area contributed by atoms with Crippen LogP contribution in [0.15, 0.2) is 15.8 Å². The number of urea groups is 1. The Bertz CT molecular complexity index is 1210. The predicted molar refractivity (Wildman–Crippen MR) is 136 cm³/mol. The van der Waals surface area contributed by atoms with E-state index in [1.54, 1.807) is 0 Å². The largest absolute Gasteiger partial charge is 0.469 e. The fourth-order valence-corrected chi connectivity index (χ4v) is 6.61. The number of H-pyrrole nitrogens is 1. The average molecular weight is 594 g/mol. The Morgan fingerprint density at radius 2 is 2.08 bits per heavy atom. The maximum atomic E-state index is 12.2. The molecule has 3 aliphatic heterocycles. The van der Waals surface area contributed by atoms with Crippen LogP contribution < -0.4 is 27.4 Å². The van der Waals surface area contributed by atoms with Crippen molar-refractivity contribution >= 4 is 31.5 Å². The van der Waals surface area contributed by atoms with Gasteiger partial charge < -0.3 is 29.9 Å². The average Bonchev–Trinajstić information content (AvgIpc) is 3.54. The summed E-state index contributed by atoms with van der Waals surface area (Å²) < 4.78 is 28.2. The molecule has 0 bridgehead atoms. The molecule has 6 N–H and O–H groups in total.